The molecule has 27 heavy (non-hydrogen) atoms. The molecular formula is C24H20BrNO. The minimum absolute atomic E-state index is 0.0465. The molecule has 0 saturated carbocycles. The summed E-state index contributed by atoms with van der Waals surface area (Å²) in [6.07, 6.45) is 5.56. The fourth-order valence-electron chi connectivity index (χ4n) is 3.04. The van der Waals surface area contributed by atoms with Crippen molar-refractivity contribution in [2.75, 3.05) is 0 Å². The van der Waals surface area contributed by atoms with E-state index in [4.69, 9.17) is 0 Å². The minimum atomic E-state index is 0.0465. The third kappa shape index (κ3) is 4.15. The lowest BCUT2D eigenvalue weighted by molar-refractivity contribution is 0.101. The van der Waals surface area contributed by atoms with Gasteiger partial charge in [-0.1, -0.05) is 65.0 Å². The minimum Gasteiger partial charge on any atom is -0.295 e. The molecule has 134 valence electrons. The van der Waals surface area contributed by atoms with Crippen LogP contribution in [-0.4, -0.2) is 12.0 Å². The second-order valence-electron chi connectivity index (χ2n) is 6.24. The summed E-state index contributed by atoms with van der Waals surface area (Å²) in [4.78, 5) is 16.3. The monoisotopic (exact) mass is 417 g/mol. The van der Waals surface area contributed by atoms with Crippen molar-refractivity contribution in [3.63, 3.8) is 0 Å². The zero-order chi connectivity index (χ0) is 19.4. The van der Waals surface area contributed by atoms with Gasteiger partial charge in [0.1, 0.15) is 0 Å². The summed E-state index contributed by atoms with van der Waals surface area (Å²) in [5, 5.41) is 2.19. The molecule has 0 bridgehead atoms. The fraction of sp³-hybridized carbons (Fsp3) is 0.0833. The van der Waals surface area contributed by atoms with Crippen LogP contribution in [0.25, 0.3) is 27.6 Å². The van der Waals surface area contributed by atoms with E-state index in [2.05, 4.69) is 45.7 Å². The van der Waals surface area contributed by atoms with Gasteiger partial charge in [0.2, 0.25) is 0 Å². The van der Waals surface area contributed by atoms with Crippen LogP contribution < -0.4 is 0 Å². The number of ketones is 1. The molecule has 2 nitrogen and oxygen atoms in total. The predicted molar refractivity (Wildman–Crippen MR) is 119 cm³/mol. The van der Waals surface area contributed by atoms with E-state index in [0.717, 1.165) is 37.6 Å². The molecule has 0 unspecified atom stereocenters. The maximum Gasteiger partial charge on any atom is 0.159 e. The number of hydrogen-bond donors (Lipinski definition) is 0. The number of aliphatic imine (C=N–C) groups is 1. The topological polar surface area (TPSA) is 29.4 Å². The first kappa shape index (κ1) is 19.0. The van der Waals surface area contributed by atoms with Crippen LogP contribution in [0.4, 0.5) is 0 Å². The zero-order valence-electron chi connectivity index (χ0n) is 15.4. The summed E-state index contributed by atoms with van der Waals surface area (Å²) in [6, 6.07) is 18.1. The Hall–Kier alpha value is -2.78. The molecule has 0 atom stereocenters. The molecular weight excluding hydrogens is 398 g/mol. The number of halogens is 1. The molecule has 0 spiro atoms. The molecule has 0 aliphatic heterocycles. The van der Waals surface area contributed by atoms with Crippen molar-refractivity contribution < 1.29 is 4.79 Å². The van der Waals surface area contributed by atoms with Gasteiger partial charge in [-0.15, -0.1) is 0 Å². The molecule has 0 fully saturated rings. The highest BCUT2D eigenvalue weighted by Gasteiger charge is 2.11. The molecule has 0 heterocycles. The Bertz CT molecular complexity index is 1090. The Morgan fingerprint density at radius 2 is 1.81 bits per heavy atom. The quantitative estimate of drug-likeness (QED) is 0.321. The van der Waals surface area contributed by atoms with Crippen LogP contribution in [0.15, 0.2) is 82.8 Å². The van der Waals surface area contributed by atoms with Crippen LogP contribution >= 0.6 is 15.9 Å². The van der Waals surface area contributed by atoms with E-state index in [1.165, 1.54) is 0 Å². The Morgan fingerprint density at radius 3 is 2.52 bits per heavy atom. The van der Waals surface area contributed by atoms with E-state index in [9.17, 15) is 4.79 Å². The van der Waals surface area contributed by atoms with Crippen molar-refractivity contribution in [1.82, 2.24) is 0 Å². The van der Waals surface area contributed by atoms with Crippen LogP contribution in [-0.2, 0) is 0 Å². The maximum atomic E-state index is 11.9. The number of allylic oxidation sites excluding steroid dienone is 2. The molecule has 0 aliphatic carbocycles. The van der Waals surface area contributed by atoms with Crippen LogP contribution in [0, 0.1) is 0 Å². The Balaban J connectivity index is 2.19. The van der Waals surface area contributed by atoms with Crippen LogP contribution in [0.3, 0.4) is 0 Å². The first-order valence-electron chi connectivity index (χ1n) is 8.69. The second kappa shape index (κ2) is 8.28. The standard InChI is InChI=1S/C24H20BrNO/c1-4-5-12-26-16(2)21-10-11-22(24-9-7-6-8-23(21)24)19-13-18(17(3)27)14-20(25)15-19/h4-15H,2H2,1,3H3/b5-4-,26-12-. The highest BCUT2D eigenvalue weighted by Crippen LogP contribution is 2.35. The van der Waals surface area contributed by atoms with E-state index >= 15 is 0 Å². The first-order valence-corrected chi connectivity index (χ1v) is 9.49. The summed E-state index contributed by atoms with van der Waals surface area (Å²) >= 11 is 3.52. The van der Waals surface area contributed by atoms with Gasteiger partial charge in [-0.2, -0.15) is 0 Å². The molecule has 0 amide bonds. The van der Waals surface area contributed by atoms with E-state index in [1.54, 1.807) is 13.1 Å². The van der Waals surface area contributed by atoms with Gasteiger partial charge in [-0.25, -0.2) is 0 Å². The summed E-state index contributed by atoms with van der Waals surface area (Å²) in [5.41, 5.74) is 4.48. The average molecular weight is 418 g/mol. The number of Topliss-reactive ketones (excluding diaryl/α,β-unsaturated/α-hetero) is 1. The summed E-state index contributed by atoms with van der Waals surface area (Å²) in [6.45, 7) is 7.65. The van der Waals surface area contributed by atoms with E-state index < -0.39 is 0 Å². The number of nitrogens with zero attached hydrogens (tertiary/aromatic N) is 1. The fourth-order valence-corrected chi connectivity index (χ4v) is 3.53. The molecule has 0 radical (unpaired) electrons. The molecule has 3 rings (SSSR count). The van der Waals surface area contributed by atoms with Gasteiger partial charge >= 0.3 is 0 Å². The van der Waals surface area contributed by atoms with Crippen LogP contribution in [0.5, 0.6) is 0 Å². The van der Waals surface area contributed by atoms with Crippen molar-refractivity contribution in [2.24, 2.45) is 4.99 Å². The molecule has 3 aromatic rings. The molecule has 0 aromatic heterocycles. The number of carbonyl (C=O) groups is 1. The molecule has 0 saturated heterocycles. The van der Waals surface area contributed by atoms with Crippen molar-refractivity contribution >= 4 is 44.4 Å². The number of rotatable bonds is 5. The van der Waals surface area contributed by atoms with Crippen molar-refractivity contribution in [2.45, 2.75) is 13.8 Å². The van der Waals surface area contributed by atoms with Gasteiger partial charge in [0.05, 0.1) is 5.70 Å². The predicted octanol–water partition coefficient (Wildman–Crippen LogP) is 7.09. The van der Waals surface area contributed by atoms with Gasteiger partial charge in [0.25, 0.3) is 0 Å². The number of benzene rings is 3. The average Bonchev–Trinajstić information content (AvgIpc) is 2.66. The van der Waals surface area contributed by atoms with Crippen LogP contribution in [0.1, 0.15) is 29.8 Å². The van der Waals surface area contributed by atoms with Gasteiger partial charge in [0, 0.05) is 21.8 Å². The lowest BCUT2D eigenvalue weighted by Gasteiger charge is -2.13. The van der Waals surface area contributed by atoms with Gasteiger partial charge in [0.15, 0.2) is 5.78 Å². The van der Waals surface area contributed by atoms with Crippen molar-refractivity contribution in [1.29, 1.82) is 0 Å². The molecule has 0 aliphatic rings. The third-order valence-corrected chi connectivity index (χ3v) is 4.82. The van der Waals surface area contributed by atoms with Gasteiger partial charge in [-0.3, -0.25) is 9.79 Å². The highest BCUT2D eigenvalue weighted by molar-refractivity contribution is 9.10. The Kier molecular flexibility index (Phi) is 5.82. The lowest BCUT2D eigenvalue weighted by Crippen LogP contribution is -1.94. The van der Waals surface area contributed by atoms with E-state index in [1.807, 2.05) is 55.5 Å². The summed E-state index contributed by atoms with van der Waals surface area (Å²) in [5.74, 6) is 0.0465. The highest BCUT2D eigenvalue weighted by atomic mass is 79.9. The Morgan fingerprint density at radius 1 is 1.07 bits per heavy atom. The molecule has 3 heteroatoms. The van der Waals surface area contributed by atoms with Gasteiger partial charge in [-0.05, 0) is 60.0 Å². The zero-order valence-corrected chi connectivity index (χ0v) is 17.0. The summed E-state index contributed by atoms with van der Waals surface area (Å²) in [7, 11) is 0. The largest absolute Gasteiger partial charge is 0.295 e. The lowest BCUT2D eigenvalue weighted by atomic mass is 9.93. The number of carbonyl (C=O) groups excluding carboxylic acids is 1. The first-order chi connectivity index (χ1) is 13.0. The third-order valence-electron chi connectivity index (χ3n) is 4.36. The van der Waals surface area contributed by atoms with E-state index in [0.29, 0.717) is 5.56 Å². The van der Waals surface area contributed by atoms with E-state index in [-0.39, 0.29) is 5.78 Å². The maximum absolute atomic E-state index is 11.9. The SMILES string of the molecule is C=C(/N=C\C=C/C)c1ccc(-c2cc(Br)cc(C(C)=O)c2)c2ccccc12. The Labute approximate surface area is 168 Å². The van der Waals surface area contributed by atoms with Crippen molar-refractivity contribution in [3.8, 4) is 11.1 Å². The number of fused-ring (bicyclic) bond motifs is 1. The normalized spacial score (nSPS) is 11.5. The van der Waals surface area contributed by atoms with Gasteiger partial charge < -0.3 is 0 Å². The number of hydrogen-bond acceptors (Lipinski definition) is 2. The molecule has 3 aromatic carbocycles. The smallest absolute Gasteiger partial charge is 0.159 e. The second-order valence-corrected chi connectivity index (χ2v) is 7.16. The summed E-state index contributed by atoms with van der Waals surface area (Å²) < 4.78 is 0.888. The molecule has 0 N–H and O–H groups in total. The van der Waals surface area contributed by atoms with Crippen molar-refractivity contribution in [3.05, 3.63) is 88.9 Å². The van der Waals surface area contributed by atoms with Crippen LogP contribution in [0.2, 0.25) is 0 Å².